The minimum atomic E-state index is 0.106. The number of amides is 1. The molecular weight excluding hydrogens is 414 g/mol. The van der Waals surface area contributed by atoms with Crippen molar-refractivity contribution in [2.75, 3.05) is 44.2 Å². The van der Waals surface area contributed by atoms with Crippen LogP contribution in [0.5, 0.6) is 0 Å². The molecule has 7 nitrogen and oxygen atoms in total. The molecule has 1 saturated carbocycles. The van der Waals surface area contributed by atoms with Gasteiger partial charge >= 0.3 is 0 Å². The Morgan fingerprint density at radius 2 is 1.82 bits per heavy atom. The predicted molar refractivity (Wildman–Crippen MR) is 128 cm³/mol. The van der Waals surface area contributed by atoms with Crippen molar-refractivity contribution in [1.29, 1.82) is 0 Å². The molecule has 172 valence electrons. The van der Waals surface area contributed by atoms with Crippen molar-refractivity contribution in [2.24, 2.45) is 5.92 Å². The van der Waals surface area contributed by atoms with Crippen molar-refractivity contribution >= 4 is 17.1 Å². The summed E-state index contributed by atoms with van der Waals surface area (Å²) in [6.07, 6.45) is 6.45. The van der Waals surface area contributed by atoms with Gasteiger partial charge in [0.2, 0.25) is 5.91 Å². The van der Waals surface area contributed by atoms with Gasteiger partial charge in [-0.2, -0.15) is 5.10 Å². The van der Waals surface area contributed by atoms with Gasteiger partial charge < -0.3 is 19.9 Å². The van der Waals surface area contributed by atoms with Crippen molar-refractivity contribution in [3.8, 4) is 11.1 Å². The van der Waals surface area contributed by atoms with Crippen LogP contribution in [-0.4, -0.2) is 65.8 Å². The topological polar surface area (TPSA) is 62.1 Å². The molecule has 6 rings (SSSR count). The molecule has 4 heterocycles. The van der Waals surface area contributed by atoms with E-state index in [1.807, 2.05) is 15.6 Å². The van der Waals surface area contributed by atoms with E-state index in [4.69, 9.17) is 4.74 Å². The Labute approximate surface area is 194 Å². The SMILES string of the molecule is C[C@H]1CNC[C@@H](c2ccc(-c3cc4c(N5CCN(C(=O)C6CC6)CC5)ccnn4c3)cc2)O1. The van der Waals surface area contributed by atoms with Crippen molar-refractivity contribution in [2.45, 2.75) is 32.0 Å². The molecule has 3 aromatic rings. The fraction of sp³-hybridized carbons (Fsp3) is 0.462. The van der Waals surface area contributed by atoms with Crippen LogP contribution in [0.2, 0.25) is 0 Å². The van der Waals surface area contributed by atoms with E-state index in [0.717, 1.165) is 63.2 Å². The quantitative estimate of drug-likeness (QED) is 0.669. The molecule has 2 atom stereocenters. The van der Waals surface area contributed by atoms with E-state index in [2.05, 4.69) is 64.8 Å². The first-order valence-corrected chi connectivity index (χ1v) is 12.1. The lowest BCUT2D eigenvalue weighted by atomic mass is 10.0. The molecule has 2 aliphatic heterocycles. The van der Waals surface area contributed by atoms with Gasteiger partial charge in [0.25, 0.3) is 0 Å². The molecule has 7 heteroatoms. The number of morpholine rings is 1. The summed E-state index contributed by atoms with van der Waals surface area (Å²) in [6, 6.07) is 13.0. The average molecular weight is 446 g/mol. The molecule has 1 amide bonds. The average Bonchev–Trinajstić information content (AvgIpc) is 3.61. The number of piperazine rings is 1. The Morgan fingerprint density at radius 1 is 1.03 bits per heavy atom. The highest BCUT2D eigenvalue weighted by molar-refractivity contribution is 5.82. The van der Waals surface area contributed by atoms with Gasteiger partial charge in [-0.15, -0.1) is 0 Å². The number of nitrogens with one attached hydrogen (secondary N) is 1. The molecule has 33 heavy (non-hydrogen) atoms. The number of aromatic nitrogens is 2. The Morgan fingerprint density at radius 3 is 2.55 bits per heavy atom. The number of benzene rings is 1. The van der Waals surface area contributed by atoms with Gasteiger partial charge in [0, 0.05) is 63.1 Å². The van der Waals surface area contributed by atoms with Gasteiger partial charge in [-0.25, -0.2) is 4.52 Å². The van der Waals surface area contributed by atoms with E-state index in [0.29, 0.717) is 11.8 Å². The number of hydrogen-bond donors (Lipinski definition) is 1. The molecule has 0 bridgehead atoms. The highest BCUT2D eigenvalue weighted by Gasteiger charge is 2.34. The number of nitrogens with zero attached hydrogens (tertiary/aromatic N) is 4. The molecule has 0 unspecified atom stereocenters. The summed E-state index contributed by atoms with van der Waals surface area (Å²) < 4.78 is 8.05. The molecular formula is C26H31N5O2. The molecule has 1 aromatic carbocycles. The molecule has 2 saturated heterocycles. The second-order valence-corrected chi connectivity index (χ2v) is 9.58. The van der Waals surface area contributed by atoms with E-state index in [1.54, 1.807) is 0 Å². The minimum Gasteiger partial charge on any atom is -0.368 e. The molecule has 2 aromatic heterocycles. The molecule has 0 spiro atoms. The van der Waals surface area contributed by atoms with Crippen LogP contribution >= 0.6 is 0 Å². The maximum absolute atomic E-state index is 12.4. The number of anilines is 1. The van der Waals surface area contributed by atoms with Crippen LogP contribution in [0.1, 0.15) is 31.4 Å². The van der Waals surface area contributed by atoms with Crippen LogP contribution in [0, 0.1) is 5.92 Å². The standard InChI is InChI=1S/C26H31N5O2/c1-18-15-27-16-25(33-18)20-4-2-19(3-5-20)22-14-24-23(8-9-28-31(24)17-22)29-10-12-30(13-11-29)26(32)21-6-7-21/h2-5,8-9,14,17-18,21,25,27H,6-7,10-13,15-16H2,1H3/t18-,25-/m0/s1. The fourth-order valence-corrected chi connectivity index (χ4v) is 5.06. The van der Waals surface area contributed by atoms with Gasteiger partial charge in [-0.1, -0.05) is 24.3 Å². The van der Waals surface area contributed by atoms with Crippen molar-refractivity contribution in [3.63, 3.8) is 0 Å². The van der Waals surface area contributed by atoms with Crippen LogP contribution in [0.3, 0.4) is 0 Å². The van der Waals surface area contributed by atoms with Gasteiger partial charge in [0.15, 0.2) is 0 Å². The normalized spacial score (nSPS) is 23.8. The maximum atomic E-state index is 12.4. The van der Waals surface area contributed by atoms with Crippen molar-refractivity contribution in [3.05, 3.63) is 54.4 Å². The summed E-state index contributed by atoms with van der Waals surface area (Å²) in [7, 11) is 0. The van der Waals surface area contributed by atoms with E-state index in [1.165, 1.54) is 16.8 Å². The second-order valence-electron chi connectivity index (χ2n) is 9.58. The van der Waals surface area contributed by atoms with Crippen LogP contribution in [-0.2, 0) is 9.53 Å². The van der Waals surface area contributed by atoms with E-state index < -0.39 is 0 Å². The van der Waals surface area contributed by atoms with Crippen LogP contribution in [0.4, 0.5) is 5.69 Å². The van der Waals surface area contributed by atoms with Crippen LogP contribution in [0.25, 0.3) is 16.6 Å². The Hall–Kier alpha value is -2.90. The first kappa shape index (κ1) is 20.7. The van der Waals surface area contributed by atoms with Crippen LogP contribution in [0.15, 0.2) is 48.8 Å². The summed E-state index contributed by atoms with van der Waals surface area (Å²) in [5.41, 5.74) is 5.82. The van der Waals surface area contributed by atoms with Crippen molar-refractivity contribution < 1.29 is 9.53 Å². The number of carbonyl (C=O) groups excluding carboxylic acids is 1. The summed E-state index contributed by atoms with van der Waals surface area (Å²) in [4.78, 5) is 16.8. The number of carbonyl (C=O) groups is 1. The zero-order valence-corrected chi connectivity index (χ0v) is 19.1. The van der Waals surface area contributed by atoms with E-state index >= 15 is 0 Å². The van der Waals surface area contributed by atoms with Crippen LogP contribution < -0.4 is 10.2 Å². The third-order valence-electron chi connectivity index (χ3n) is 7.12. The first-order valence-electron chi connectivity index (χ1n) is 12.1. The summed E-state index contributed by atoms with van der Waals surface area (Å²) in [6.45, 7) is 7.20. The summed E-state index contributed by atoms with van der Waals surface area (Å²) in [5, 5.41) is 7.99. The molecule has 3 aliphatic rings. The minimum absolute atomic E-state index is 0.106. The fourth-order valence-electron chi connectivity index (χ4n) is 5.06. The summed E-state index contributed by atoms with van der Waals surface area (Å²) in [5.74, 6) is 0.653. The predicted octanol–water partition coefficient (Wildman–Crippen LogP) is 3.11. The Bertz CT molecular complexity index is 1150. The van der Waals surface area contributed by atoms with E-state index in [-0.39, 0.29) is 12.2 Å². The Balaban J connectivity index is 1.20. The van der Waals surface area contributed by atoms with E-state index in [9.17, 15) is 4.79 Å². The third-order valence-corrected chi connectivity index (χ3v) is 7.12. The number of fused-ring (bicyclic) bond motifs is 1. The zero-order valence-electron chi connectivity index (χ0n) is 19.1. The zero-order chi connectivity index (χ0) is 22.4. The molecule has 3 fully saturated rings. The molecule has 1 N–H and O–H groups in total. The molecule has 1 aliphatic carbocycles. The Kier molecular flexibility index (Phi) is 5.31. The van der Waals surface area contributed by atoms with Gasteiger partial charge in [0.1, 0.15) is 0 Å². The third kappa shape index (κ3) is 4.11. The first-order chi connectivity index (χ1) is 16.2. The highest BCUT2D eigenvalue weighted by atomic mass is 16.5. The lowest BCUT2D eigenvalue weighted by molar-refractivity contribution is -0.132. The smallest absolute Gasteiger partial charge is 0.225 e. The number of ether oxygens (including phenoxy) is 1. The summed E-state index contributed by atoms with van der Waals surface area (Å²) >= 11 is 0. The number of rotatable bonds is 4. The van der Waals surface area contributed by atoms with Gasteiger partial charge in [-0.05, 0) is 43.0 Å². The lowest BCUT2D eigenvalue weighted by Crippen LogP contribution is -2.49. The number of hydrogen-bond acceptors (Lipinski definition) is 5. The highest BCUT2D eigenvalue weighted by Crippen LogP contribution is 2.33. The van der Waals surface area contributed by atoms with Gasteiger partial charge in [-0.3, -0.25) is 4.79 Å². The van der Waals surface area contributed by atoms with Crippen molar-refractivity contribution in [1.82, 2.24) is 19.8 Å². The second kappa shape index (κ2) is 8.47. The van der Waals surface area contributed by atoms with Gasteiger partial charge in [0.05, 0.1) is 23.4 Å². The largest absolute Gasteiger partial charge is 0.368 e. The lowest BCUT2D eigenvalue weighted by Gasteiger charge is -2.36. The maximum Gasteiger partial charge on any atom is 0.225 e. The monoisotopic (exact) mass is 445 g/mol. The molecule has 0 radical (unpaired) electrons.